The zero-order valence-corrected chi connectivity index (χ0v) is 9.15. The quantitative estimate of drug-likeness (QED) is 0.625. The average molecular weight is 247 g/mol. The van der Waals surface area contributed by atoms with Gasteiger partial charge in [0.2, 0.25) is 0 Å². The molecule has 0 spiro atoms. The molecule has 0 radical (unpaired) electrons. The summed E-state index contributed by atoms with van der Waals surface area (Å²) < 4.78 is 53.1. The molecular formula is C12H13F4N. The van der Waals surface area contributed by atoms with Crippen molar-refractivity contribution in [1.82, 2.24) is 5.32 Å². The largest absolute Gasteiger partial charge is 0.316 e. The van der Waals surface area contributed by atoms with Crippen LogP contribution in [-0.4, -0.2) is 13.1 Å². The van der Waals surface area contributed by atoms with Gasteiger partial charge >= 0.3 is 0 Å². The molecule has 1 aromatic rings. The molecule has 0 amide bonds. The molecule has 0 saturated carbocycles. The monoisotopic (exact) mass is 247 g/mol. The molecule has 1 aromatic carbocycles. The van der Waals surface area contributed by atoms with Crippen molar-refractivity contribution in [3.63, 3.8) is 0 Å². The standard InChI is InChI=1S/C12H13F4N/c13-9-4-3-8(11(15)12(9)16)10(14)7-2-1-5-17-6-7/h3-4,7,10,17H,1-2,5-6H2. The third kappa shape index (κ3) is 2.44. The van der Waals surface area contributed by atoms with Gasteiger partial charge in [-0.25, -0.2) is 17.6 Å². The molecule has 0 aromatic heterocycles. The predicted molar refractivity (Wildman–Crippen MR) is 55.8 cm³/mol. The maximum absolute atomic E-state index is 14.0. The summed E-state index contributed by atoms with van der Waals surface area (Å²) >= 11 is 0. The van der Waals surface area contributed by atoms with Gasteiger partial charge in [-0.15, -0.1) is 0 Å². The highest BCUT2D eigenvalue weighted by atomic mass is 19.2. The Kier molecular flexibility index (Phi) is 3.66. The van der Waals surface area contributed by atoms with E-state index < -0.39 is 29.2 Å². The molecule has 1 aliphatic rings. The highest BCUT2D eigenvalue weighted by Gasteiger charge is 2.28. The van der Waals surface area contributed by atoms with Crippen molar-refractivity contribution in [2.75, 3.05) is 13.1 Å². The average Bonchev–Trinajstić information content (AvgIpc) is 2.36. The normalized spacial score (nSPS) is 22.5. The lowest BCUT2D eigenvalue weighted by molar-refractivity contribution is 0.188. The van der Waals surface area contributed by atoms with E-state index in [4.69, 9.17) is 0 Å². The number of benzene rings is 1. The van der Waals surface area contributed by atoms with E-state index in [1.807, 2.05) is 0 Å². The fourth-order valence-electron chi connectivity index (χ4n) is 2.14. The Labute approximate surface area is 96.8 Å². The van der Waals surface area contributed by atoms with Crippen molar-refractivity contribution in [1.29, 1.82) is 0 Å². The van der Waals surface area contributed by atoms with Gasteiger partial charge in [0.25, 0.3) is 0 Å². The van der Waals surface area contributed by atoms with E-state index in [1.54, 1.807) is 0 Å². The molecule has 0 aliphatic carbocycles. The second-order valence-corrected chi connectivity index (χ2v) is 4.27. The summed E-state index contributed by atoms with van der Waals surface area (Å²) in [5.74, 6) is -4.69. The number of piperidine rings is 1. The third-order valence-corrected chi connectivity index (χ3v) is 3.11. The lowest BCUT2D eigenvalue weighted by atomic mass is 9.90. The van der Waals surface area contributed by atoms with Crippen LogP contribution < -0.4 is 5.32 Å². The topological polar surface area (TPSA) is 12.0 Å². The molecular weight excluding hydrogens is 234 g/mol. The Morgan fingerprint density at radius 3 is 2.59 bits per heavy atom. The van der Waals surface area contributed by atoms with Gasteiger partial charge in [0.1, 0.15) is 6.17 Å². The Hall–Kier alpha value is -1.10. The van der Waals surface area contributed by atoms with Gasteiger partial charge < -0.3 is 5.32 Å². The molecule has 1 nitrogen and oxygen atoms in total. The molecule has 17 heavy (non-hydrogen) atoms. The smallest absolute Gasteiger partial charge is 0.194 e. The summed E-state index contributed by atoms with van der Waals surface area (Å²) in [4.78, 5) is 0. The van der Waals surface area contributed by atoms with E-state index in [9.17, 15) is 17.6 Å². The molecule has 1 heterocycles. The molecule has 1 aliphatic heterocycles. The molecule has 5 heteroatoms. The molecule has 94 valence electrons. The second-order valence-electron chi connectivity index (χ2n) is 4.27. The van der Waals surface area contributed by atoms with Crippen LogP contribution in [0.15, 0.2) is 12.1 Å². The highest BCUT2D eigenvalue weighted by Crippen LogP contribution is 2.33. The summed E-state index contributed by atoms with van der Waals surface area (Å²) in [5.41, 5.74) is -0.391. The number of rotatable bonds is 2. The highest BCUT2D eigenvalue weighted by molar-refractivity contribution is 5.23. The molecule has 1 N–H and O–H groups in total. The minimum Gasteiger partial charge on any atom is -0.316 e. The summed E-state index contributed by atoms with van der Waals surface area (Å²) in [6.07, 6.45) is -0.180. The summed E-state index contributed by atoms with van der Waals surface area (Å²) in [7, 11) is 0. The van der Waals surface area contributed by atoms with Gasteiger partial charge in [0.05, 0.1) is 0 Å². The SMILES string of the molecule is Fc1ccc(C(F)C2CCCNC2)c(F)c1F. The van der Waals surface area contributed by atoms with Crippen LogP contribution in [0.3, 0.4) is 0 Å². The molecule has 1 fully saturated rings. The van der Waals surface area contributed by atoms with Crippen LogP contribution in [0.5, 0.6) is 0 Å². The summed E-state index contributed by atoms with van der Waals surface area (Å²) in [6.45, 7) is 1.24. The van der Waals surface area contributed by atoms with E-state index in [1.165, 1.54) is 0 Å². The molecule has 2 rings (SSSR count). The fraction of sp³-hybridized carbons (Fsp3) is 0.500. The summed E-state index contributed by atoms with van der Waals surface area (Å²) in [5, 5.41) is 3.00. The van der Waals surface area contributed by atoms with Gasteiger partial charge in [0, 0.05) is 18.0 Å². The first kappa shape index (κ1) is 12.4. The van der Waals surface area contributed by atoms with Gasteiger partial charge in [-0.1, -0.05) is 6.07 Å². The van der Waals surface area contributed by atoms with E-state index >= 15 is 0 Å². The number of alkyl halides is 1. The van der Waals surface area contributed by atoms with Crippen LogP contribution >= 0.6 is 0 Å². The van der Waals surface area contributed by atoms with Crippen LogP contribution in [0.1, 0.15) is 24.6 Å². The van der Waals surface area contributed by atoms with Crippen LogP contribution in [0.2, 0.25) is 0 Å². The van der Waals surface area contributed by atoms with Gasteiger partial charge in [-0.05, 0) is 25.5 Å². The third-order valence-electron chi connectivity index (χ3n) is 3.11. The van der Waals surface area contributed by atoms with E-state index in [2.05, 4.69) is 5.32 Å². The zero-order valence-electron chi connectivity index (χ0n) is 9.15. The molecule has 2 unspecified atom stereocenters. The Bertz CT molecular complexity index is 402. The zero-order chi connectivity index (χ0) is 12.4. The Morgan fingerprint density at radius 1 is 1.18 bits per heavy atom. The first-order valence-corrected chi connectivity index (χ1v) is 5.59. The molecule has 1 saturated heterocycles. The lowest BCUT2D eigenvalue weighted by Crippen LogP contribution is -2.32. The van der Waals surface area contributed by atoms with Crippen molar-refractivity contribution in [2.45, 2.75) is 19.0 Å². The van der Waals surface area contributed by atoms with Crippen LogP contribution in [0.4, 0.5) is 17.6 Å². The lowest BCUT2D eigenvalue weighted by Gasteiger charge is -2.26. The summed E-state index contributed by atoms with van der Waals surface area (Å²) in [6, 6.07) is 1.74. The minimum atomic E-state index is -1.60. The van der Waals surface area contributed by atoms with Crippen LogP contribution in [0, 0.1) is 23.4 Å². The first-order chi connectivity index (χ1) is 8.11. The first-order valence-electron chi connectivity index (χ1n) is 5.59. The second kappa shape index (κ2) is 5.04. The van der Waals surface area contributed by atoms with Gasteiger partial charge in [-0.3, -0.25) is 0 Å². The number of hydrogen-bond acceptors (Lipinski definition) is 1. The van der Waals surface area contributed by atoms with E-state index in [-0.39, 0.29) is 5.92 Å². The Morgan fingerprint density at radius 2 is 1.94 bits per heavy atom. The molecule has 2 atom stereocenters. The van der Waals surface area contributed by atoms with Gasteiger partial charge in [0.15, 0.2) is 17.5 Å². The van der Waals surface area contributed by atoms with Crippen molar-refractivity contribution in [3.05, 3.63) is 35.1 Å². The van der Waals surface area contributed by atoms with Crippen LogP contribution in [0.25, 0.3) is 0 Å². The number of hydrogen-bond donors (Lipinski definition) is 1. The van der Waals surface area contributed by atoms with E-state index in [0.29, 0.717) is 13.0 Å². The van der Waals surface area contributed by atoms with Crippen molar-refractivity contribution in [2.24, 2.45) is 5.92 Å². The molecule has 0 bridgehead atoms. The van der Waals surface area contributed by atoms with Crippen molar-refractivity contribution in [3.8, 4) is 0 Å². The van der Waals surface area contributed by atoms with Gasteiger partial charge in [-0.2, -0.15) is 0 Å². The predicted octanol–water partition coefficient (Wildman–Crippen LogP) is 3.11. The fourth-order valence-corrected chi connectivity index (χ4v) is 2.14. The number of halogens is 4. The van der Waals surface area contributed by atoms with Crippen LogP contribution in [-0.2, 0) is 0 Å². The maximum Gasteiger partial charge on any atom is 0.194 e. The van der Waals surface area contributed by atoms with Crippen molar-refractivity contribution < 1.29 is 17.6 Å². The minimum absolute atomic E-state index is 0.386. The number of nitrogens with one attached hydrogen (secondary N) is 1. The maximum atomic E-state index is 14.0. The van der Waals surface area contributed by atoms with E-state index in [0.717, 1.165) is 25.1 Å². The van der Waals surface area contributed by atoms with Crippen molar-refractivity contribution >= 4 is 0 Å². The Balaban J connectivity index is 2.24.